The molecule has 3 rings (SSSR count). The fourth-order valence-corrected chi connectivity index (χ4v) is 2.06. The number of anilines is 1. The van der Waals surface area contributed by atoms with Crippen LogP contribution in [0.1, 0.15) is 0 Å². The molecule has 1 heterocycles. The Bertz CT molecular complexity index is 734. The van der Waals surface area contributed by atoms with Gasteiger partial charge in [-0.15, -0.1) is 0 Å². The highest BCUT2D eigenvalue weighted by Gasteiger charge is 2.10. The van der Waals surface area contributed by atoms with Crippen LogP contribution in [-0.4, -0.2) is 16.7 Å². The highest BCUT2D eigenvalue weighted by Crippen LogP contribution is 2.26. The van der Waals surface area contributed by atoms with Gasteiger partial charge in [-0.25, -0.2) is 9.37 Å². The van der Waals surface area contributed by atoms with E-state index >= 15 is 0 Å². The number of hydrogen-bond acceptors (Lipinski definition) is 3. The van der Waals surface area contributed by atoms with Crippen LogP contribution in [0.4, 0.5) is 10.3 Å². The van der Waals surface area contributed by atoms with E-state index in [4.69, 9.17) is 10.5 Å². The van der Waals surface area contributed by atoms with Crippen LogP contribution in [0, 0.1) is 5.82 Å². The van der Waals surface area contributed by atoms with Gasteiger partial charge in [-0.05, 0) is 36.4 Å². The van der Waals surface area contributed by atoms with E-state index in [1.165, 1.54) is 12.1 Å². The first-order valence-corrected chi connectivity index (χ1v) is 5.77. The summed E-state index contributed by atoms with van der Waals surface area (Å²) in [7, 11) is 1.60. The molecule has 5 heteroatoms. The van der Waals surface area contributed by atoms with E-state index in [0.717, 1.165) is 22.5 Å². The van der Waals surface area contributed by atoms with Crippen molar-refractivity contribution in [3.63, 3.8) is 0 Å². The summed E-state index contributed by atoms with van der Waals surface area (Å²) in [6.45, 7) is 0. The highest BCUT2D eigenvalue weighted by atomic mass is 19.1. The Balaban J connectivity index is 2.26. The Labute approximate surface area is 109 Å². The third kappa shape index (κ3) is 1.89. The molecule has 0 atom stereocenters. The lowest BCUT2D eigenvalue weighted by molar-refractivity contribution is 0.415. The predicted molar refractivity (Wildman–Crippen MR) is 72.0 cm³/mol. The summed E-state index contributed by atoms with van der Waals surface area (Å²) in [6, 6.07) is 11.6. The first-order chi connectivity index (χ1) is 9.19. The molecule has 0 saturated heterocycles. The maximum Gasteiger partial charge on any atom is 0.205 e. The number of fused-ring (bicyclic) bond motifs is 1. The van der Waals surface area contributed by atoms with Gasteiger partial charge in [0.05, 0.1) is 18.1 Å². The molecule has 0 bridgehead atoms. The zero-order valence-corrected chi connectivity index (χ0v) is 10.3. The quantitative estimate of drug-likeness (QED) is 0.768. The van der Waals surface area contributed by atoms with Gasteiger partial charge in [0.15, 0.2) is 0 Å². The van der Waals surface area contributed by atoms with Crippen LogP contribution in [0.25, 0.3) is 16.7 Å². The first-order valence-electron chi connectivity index (χ1n) is 5.77. The number of halogens is 1. The molecule has 0 aliphatic rings. The van der Waals surface area contributed by atoms with Gasteiger partial charge in [-0.3, -0.25) is 4.57 Å². The molecule has 0 fully saturated rings. The van der Waals surface area contributed by atoms with Gasteiger partial charge in [0.1, 0.15) is 11.6 Å². The minimum Gasteiger partial charge on any atom is -0.497 e. The van der Waals surface area contributed by atoms with E-state index in [0.29, 0.717) is 5.95 Å². The first kappa shape index (κ1) is 11.5. The number of nitrogens with zero attached hydrogens (tertiary/aromatic N) is 2. The second-order valence-corrected chi connectivity index (χ2v) is 4.14. The molecule has 2 N–H and O–H groups in total. The van der Waals surface area contributed by atoms with Crippen LogP contribution in [-0.2, 0) is 0 Å². The molecule has 0 aliphatic carbocycles. The van der Waals surface area contributed by atoms with Crippen molar-refractivity contribution in [2.75, 3.05) is 12.8 Å². The van der Waals surface area contributed by atoms with Crippen molar-refractivity contribution in [3.05, 3.63) is 48.3 Å². The monoisotopic (exact) mass is 257 g/mol. The third-order valence-electron chi connectivity index (χ3n) is 2.97. The molecular weight excluding hydrogens is 245 g/mol. The van der Waals surface area contributed by atoms with Gasteiger partial charge in [-0.2, -0.15) is 0 Å². The zero-order chi connectivity index (χ0) is 13.4. The second kappa shape index (κ2) is 4.28. The fourth-order valence-electron chi connectivity index (χ4n) is 2.06. The average molecular weight is 257 g/mol. The van der Waals surface area contributed by atoms with Crippen molar-refractivity contribution in [2.45, 2.75) is 0 Å². The normalized spacial score (nSPS) is 10.8. The maximum atomic E-state index is 13.0. The van der Waals surface area contributed by atoms with E-state index in [2.05, 4.69) is 4.98 Å². The Hall–Kier alpha value is -2.56. The second-order valence-electron chi connectivity index (χ2n) is 4.14. The molecule has 2 aromatic carbocycles. The molecule has 3 aromatic rings. The fraction of sp³-hybridized carbons (Fsp3) is 0.0714. The Morgan fingerprint density at radius 2 is 1.89 bits per heavy atom. The van der Waals surface area contributed by atoms with Crippen LogP contribution in [0.3, 0.4) is 0 Å². The number of imidazole rings is 1. The Morgan fingerprint density at radius 1 is 1.16 bits per heavy atom. The van der Waals surface area contributed by atoms with E-state index in [-0.39, 0.29) is 5.82 Å². The van der Waals surface area contributed by atoms with Crippen LogP contribution < -0.4 is 10.5 Å². The predicted octanol–water partition coefficient (Wildman–Crippen LogP) is 2.76. The van der Waals surface area contributed by atoms with Crippen LogP contribution in [0.2, 0.25) is 0 Å². The zero-order valence-electron chi connectivity index (χ0n) is 10.3. The number of ether oxygens (including phenoxy) is 1. The number of hydrogen-bond donors (Lipinski definition) is 1. The third-order valence-corrected chi connectivity index (χ3v) is 2.97. The van der Waals surface area contributed by atoms with Crippen molar-refractivity contribution in [1.29, 1.82) is 0 Å². The molecule has 0 amide bonds. The summed E-state index contributed by atoms with van der Waals surface area (Å²) in [5.41, 5.74) is 8.28. The van der Waals surface area contributed by atoms with Gasteiger partial charge in [0.25, 0.3) is 0 Å². The molecule has 0 unspecified atom stereocenters. The Kier molecular flexibility index (Phi) is 2.59. The van der Waals surface area contributed by atoms with Crippen LogP contribution in [0.5, 0.6) is 5.75 Å². The summed E-state index contributed by atoms with van der Waals surface area (Å²) in [4.78, 5) is 4.28. The largest absolute Gasteiger partial charge is 0.497 e. The molecule has 0 saturated carbocycles. The molecule has 4 nitrogen and oxygen atoms in total. The van der Waals surface area contributed by atoms with Crippen molar-refractivity contribution < 1.29 is 9.13 Å². The highest BCUT2D eigenvalue weighted by molar-refractivity contribution is 5.82. The molecule has 0 radical (unpaired) electrons. The summed E-state index contributed by atoms with van der Waals surface area (Å²) in [5, 5.41) is 0. The molecule has 0 spiro atoms. The molecule has 96 valence electrons. The topological polar surface area (TPSA) is 53.1 Å². The lowest BCUT2D eigenvalue weighted by Gasteiger charge is -2.07. The van der Waals surface area contributed by atoms with Gasteiger partial charge in [0, 0.05) is 11.8 Å². The average Bonchev–Trinajstić information content (AvgIpc) is 2.75. The van der Waals surface area contributed by atoms with E-state index in [1.54, 1.807) is 23.8 Å². The van der Waals surface area contributed by atoms with Crippen molar-refractivity contribution in [1.82, 2.24) is 9.55 Å². The van der Waals surface area contributed by atoms with E-state index in [9.17, 15) is 4.39 Å². The summed E-state index contributed by atoms with van der Waals surface area (Å²) < 4.78 is 19.9. The number of methoxy groups -OCH3 is 1. The molecular formula is C14H12FN3O. The number of nitrogens with two attached hydrogens (primary N) is 1. The van der Waals surface area contributed by atoms with Crippen molar-refractivity contribution in [3.8, 4) is 11.4 Å². The molecule has 1 aromatic heterocycles. The summed E-state index contributed by atoms with van der Waals surface area (Å²) in [5.74, 6) is 0.787. The van der Waals surface area contributed by atoms with Gasteiger partial charge in [-0.1, -0.05) is 0 Å². The number of rotatable bonds is 2. The minimum absolute atomic E-state index is 0.288. The lowest BCUT2D eigenvalue weighted by Crippen LogP contribution is -2.00. The van der Waals surface area contributed by atoms with Crippen LogP contribution in [0.15, 0.2) is 42.5 Å². The summed E-state index contributed by atoms with van der Waals surface area (Å²) in [6.07, 6.45) is 0. The number of nitrogen functional groups attached to an aromatic ring is 1. The van der Waals surface area contributed by atoms with E-state index in [1.807, 2.05) is 18.2 Å². The van der Waals surface area contributed by atoms with Crippen molar-refractivity contribution in [2.24, 2.45) is 0 Å². The van der Waals surface area contributed by atoms with E-state index < -0.39 is 0 Å². The van der Waals surface area contributed by atoms with Gasteiger partial charge >= 0.3 is 0 Å². The molecule has 19 heavy (non-hydrogen) atoms. The number of benzene rings is 2. The minimum atomic E-state index is -0.288. The van der Waals surface area contributed by atoms with Crippen LogP contribution >= 0.6 is 0 Å². The van der Waals surface area contributed by atoms with Crippen molar-refractivity contribution >= 4 is 17.0 Å². The lowest BCUT2D eigenvalue weighted by atomic mass is 10.2. The Morgan fingerprint density at radius 3 is 2.58 bits per heavy atom. The smallest absolute Gasteiger partial charge is 0.205 e. The number of aromatic nitrogens is 2. The standard InChI is InChI=1S/C14H12FN3O/c1-19-11-6-7-12-13(8-11)18(14(16)17-12)10-4-2-9(15)3-5-10/h2-8H,1H3,(H2,16,17). The van der Waals surface area contributed by atoms with Gasteiger partial charge < -0.3 is 10.5 Å². The SMILES string of the molecule is COc1ccc2nc(N)n(-c3ccc(F)cc3)c2c1. The van der Waals surface area contributed by atoms with Gasteiger partial charge in [0.2, 0.25) is 5.95 Å². The summed E-state index contributed by atoms with van der Waals surface area (Å²) >= 11 is 0. The molecule has 0 aliphatic heterocycles. The maximum absolute atomic E-state index is 13.0.